The third-order valence-electron chi connectivity index (χ3n) is 12.6. The van der Waals surface area contributed by atoms with E-state index in [2.05, 4.69) is 72.8 Å². The van der Waals surface area contributed by atoms with Crippen molar-refractivity contribution in [3.8, 4) is 56.5 Å². The van der Waals surface area contributed by atoms with Crippen LogP contribution < -0.4 is 9.97 Å². The molecule has 5 heterocycles. The Morgan fingerprint density at radius 2 is 0.692 bits per heavy atom. The average molecular weight is 1020 g/mol. The Morgan fingerprint density at radius 3 is 1.15 bits per heavy atom. The molecule has 9 aromatic carbocycles. The van der Waals surface area contributed by atoms with Crippen molar-refractivity contribution >= 4 is 87.1 Å². The van der Waals surface area contributed by atoms with Gasteiger partial charge in [-0.05, 0) is 142 Å². The van der Waals surface area contributed by atoms with Crippen LogP contribution in [-0.4, -0.2) is 24.9 Å². The summed E-state index contributed by atoms with van der Waals surface area (Å²) in [5, 5.41) is 11.1. The second kappa shape index (κ2) is 14.0. The molecule has 306 valence electrons. The van der Waals surface area contributed by atoms with Crippen molar-refractivity contribution in [3.63, 3.8) is 0 Å². The monoisotopic (exact) mass is 1020 g/mol. The maximum atomic E-state index is 15.6. The normalized spacial score (nSPS) is 12.0. The van der Waals surface area contributed by atoms with Crippen molar-refractivity contribution in [1.82, 2.24) is 34.9 Å². The molecule has 0 spiro atoms. The van der Waals surface area contributed by atoms with Crippen LogP contribution in [0.25, 0.3) is 144 Å². The average Bonchev–Trinajstić information content (AvgIpc) is 4.03. The van der Waals surface area contributed by atoms with Gasteiger partial charge in [-0.25, -0.2) is 18.7 Å². The summed E-state index contributed by atoms with van der Waals surface area (Å²) in [4.78, 5) is 36.9. The van der Waals surface area contributed by atoms with Crippen LogP contribution in [0.4, 0.5) is 8.78 Å². The van der Waals surface area contributed by atoms with Gasteiger partial charge in [0.15, 0.2) is 0 Å². The smallest absolute Gasteiger partial charge is 0.435 e. The van der Waals surface area contributed by atoms with E-state index in [9.17, 15) is 0 Å². The quantitative estimate of drug-likeness (QED) is 0.162. The third kappa shape index (κ3) is 5.79. The molecule has 2 aliphatic rings. The van der Waals surface area contributed by atoms with E-state index in [4.69, 9.17) is 34.9 Å². The zero-order valence-corrected chi connectivity index (χ0v) is 36.1. The van der Waals surface area contributed by atoms with Crippen LogP contribution in [0, 0.1) is 11.6 Å². The number of aromatic nitrogens is 7. The molecule has 8 bridgehead atoms. The number of hydrogen-bond acceptors (Lipinski definition) is 5. The van der Waals surface area contributed by atoms with Gasteiger partial charge in [0, 0.05) is 45.2 Å². The Bertz CT molecular complexity index is 4230. The Morgan fingerprint density at radius 1 is 0.338 bits per heavy atom. The van der Waals surface area contributed by atoms with Gasteiger partial charge in [-0.3, -0.25) is 0 Å². The predicted molar refractivity (Wildman–Crippen MR) is 252 cm³/mol. The first kappa shape index (κ1) is 37.5. The first-order valence-electron chi connectivity index (χ1n) is 20.9. The Balaban J connectivity index is 0.00000423. The summed E-state index contributed by atoms with van der Waals surface area (Å²) in [5.74, 6) is -0.167. The van der Waals surface area contributed by atoms with Crippen LogP contribution in [-0.2, 0) is 21.1 Å². The second-order valence-electron chi connectivity index (χ2n) is 16.4. The molecule has 0 atom stereocenters. The van der Waals surface area contributed by atoms with Crippen LogP contribution in [0.15, 0.2) is 164 Å². The molecule has 0 fully saturated rings. The van der Waals surface area contributed by atoms with E-state index >= 15 is 8.78 Å². The summed E-state index contributed by atoms with van der Waals surface area (Å²) >= 11 is 0. The topological polar surface area (TPSA) is 92.7 Å². The Hall–Kier alpha value is -8.00. The molecule has 0 N–H and O–H groups in total. The van der Waals surface area contributed by atoms with Crippen LogP contribution in [0.3, 0.4) is 0 Å². The zero-order chi connectivity index (χ0) is 42.2. The van der Waals surface area contributed by atoms with Crippen molar-refractivity contribution in [2.45, 2.75) is 0 Å². The minimum absolute atomic E-state index is 0. The first-order chi connectivity index (χ1) is 31.5. The summed E-state index contributed by atoms with van der Waals surface area (Å²) in [7, 11) is 0. The van der Waals surface area contributed by atoms with Gasteiger partial charge in [0.25, 0.3) is 0 Å². The molecular formula is C55H27F2N7Pt. The molecule has 10 heteroatoms. The molecular weight excluding hydrogens is 992 g/mol. The van der Waals surface area contributed by atoms with Crippen molar-refractivity contribution in [3.05, 3.63) is 175 Å². The van der Waals surface area contributed by atoms with Gasteiger partial charge in [0.1, 0.15) is 11.6 Å². The third-order valence-corrected chi connectivity index (χ3v) is 12.6. The zero-order valence-electron chi connectivity index (χ0n) is 33.8. The van der Waals surface area contributed by atoms with Gasteiger partial charge in [0.2, 0.25) is 0 Å². The molecule has 7 nitrogen and oxygen atoms in total. The molecule has 3 aromatic heterocycles. The molecule has 0 radical (unpaired) electrons. The van der Waals surface area contributed by atoms with Gasteiger partial charge in [-0.15, -0.1) is 0 Å². The van der Waals surface area contributed by atoms with Gasteiger partial charge >= 0.3 is 21.1 Å². The summed E-state index contributed by atoms with van der Waals surface area (Å²) < 4.78 is 31.2. The largest absolute Gasteiger partial charge is 2.00 e. The van der Waals surface area contributed by atoms with Gasteiger partial charge in [-0.1, -0.05) is 97.1 Å². The van der Waals surface area contributed by atoms with Crippen molar-refractivity contribution in [1.29, 1.82) is 0 Å². The fourth-order valence-corrected chi connectivity index (χ4v) is 9.63. The molecule has 12 aromatic rings. The van der Waals surface area contributed by atoms with Crippen LogP contribution >= 0.6 is 0 Å². The molecule has 0 saturated carbocycles. The second-order valence-corrected chi connectivity index (χ2v) is 16.4. The predicted octanol–water partition coefficient (Wildman–Crippen LogP) is 13.3. The first-order valence-corrected chi connectivity index (χ1v) is 20.9. The number of hydrogen-bond donors (Lipinski definition) is 0. The van der Waals surface area contributed by atoms with E-state index in [-0.39, 0.29) is 26.6 Å². The molecule has 0 unspecified atom stereocenters. The fourth-order valence-electron chi connectivity index (χ4n) is 9.63. The minimum Gasteiger partial charge on any atom is -0.435 e. The van der Waals surface area contributed by atoms with Crippen LogP contribution in [0.2, 0.25) is 0 Å². The minimum atomic E-state index is -0.727. The number of rotatable bonds is 1. The Labute approximate surface area is 381 Å². The molecule has 2 aliphatic heterocycles. The van der Waals surface area contributed by atoms with Gasteiger partial charge in [0.05, 0.1) is 23.2 Å². The standard InChI is InChI=1S/C55H27F2N7.Pt/c56-37-17-36(18-38(57)27-37)47-48-39-19-28-9-1-3-11-30(28)21-41(39)50(58-48)60-52-43-23-32-13-5-7-15-34(32)25-45(43)54(62-52)64-55-46-26-35-16-8-6-14-33(35)24-44(46)53(63-55)61-51-42-22-31-12-4-2-10-29(31)20-40(42)49(47)59-51;/h1-27H;/q-2;+2. The van der Waals surface area contributed by atoms with E-state index in [1.54, 1.807) is 0 Å². The Kier molecular flexibility index (Phi) is 8.09. The van der Waals surface area contributed by atoms with Crippen molar-refractivity contribution < 1.29 is 29.8 Å². The van der Waals surface area contributed by atoms with Crippen LogP contribution in [0.1, 0.15) is 0 Å². The van der Waals surface area contributed by atoms with Crippen molar-refractivity contribution in [2.75, 3.05) is 0 Å². The van der Waals surface area contributed by atoms with Gasteiger partial charge in [-0.2, -0.15) is 0 Å². The molecule has 65 heavy (non-hydrogen) atoms. The molecule has 0 amide bonds. The van der Waals surface area contributed by atoms with Gasteiger partial charge < -0.3 is 24.9 Å². The van der Waals surface area contributed by atoms with Crippen molar-refractivity contribution in [2.24, 2.45) is 0 Å². The molecule has 14 rings (SSSR count). The molecule has 0 aliphatic carbocycles. The number of benzene rings is 9. The summed E-state index contributed by atoms with van der Waals surface area (Å²) in [6.07, 6.45) is 0. The van der Waals surface area contributed by atoms with E-state index in [1.165, 1.54) is 12.1 Å². The number of halogens is 2. The van der Waals surface area contributed by atoms with E-state index in [1.807, 2.05) is 72.8 Å². The maximum Gasteiger partial charge on any atom is 2.00 e. The van der Waals surface area contributed by atoms with Crippen LogP contribution in [0.5, 0.6) is 0 Å². The SMILES string of the molecule is Fc1cc(F)cc(-c2c3nc(nc4[n-]c(nc5nc(nc6[n-]c2c2cc7ccccc7cc62)-c2cc6ccccc6cc2-5)c2cc5ccccc5cc42)-c2cc4ccccc4cc2-3)c1.[Pt+2]. The van der Waals surface area contributed by atoms with E-state index in [0.717, 1.165) is 93.0 Å². The molecule has 0 saturated heterocycles. The fraction of sp³-hybridized carbons (Fsp3) is 0. The summed E-state index contributed by atoms with van der Waals surface area (Å²) in [5.41, 5.74) is 6.00. The van der Waals surface area contributed by atoms with E-state index < -0.39 is 11.6 Å². The number of nitrogens with zero attached hydrogens (tertiary/aromatic N) is 7. The summed E-state index contributed by atoms with van der Waals surface area (Å²) in [6.45, 7) is 0. The summed E-state index contributed by atoms with van der Waals surface area (Å²) in [6, 6.07) is 52.7. The van der Waals surface area contributed by atoms with E-state index in [0.29, 0.717) is 51.2 Å². The number of fused-ring (bicyclic) bond motifs is 24. The maximum absolute atomic E-state index is 15.6.